The van der Waals surface area contributed by atoms with Gasteiger partial charge in [-0.1, -0.05) is 0 Å². The number of hydrogen-bond donors (Lipinski definition) is 2. The van der Waals surface area contributed by atoms with E-state index in [4.69, 9.17) is 5.73 Å². The number of thiophene rings is 1. The van der Waals surface area contributed by atoms with Gasteiger partial charge in [0.15, 0.2) is 0 Å². The van der Waals surface area contributed by atoms with Crippen LogP contribution in [0, 0.1) is 0 Å². The van der Waals surface area contributed by atoms with Crippen molar-refractivity contribution in [3.63, 3.8) is 0 Å². The number of nitrogens with zero attached hydrogens (tertiary/aromatic N) is 1. The Morgan fingerprint density at radius 2 is 2.10 bits per heavy atom. The summed E-state index contributed by atoms with van der Waals surface area (Å²) in [5.74, 6) is 2.42. The molecule has 0 spiro atoms. The molecule has 4 nitrogen and oxygen atoms in total. The zero-order valence-corrected chi connectivity index (χ0v) is 13.4. The number of benzene rings is 1. The summed E-state index contributed by atoms with van der Waals surface area (Å²) >= 11 is 3.52. The quantitative estimate of drug-likeness (QED) is 0.848. The fourth-order valence-corrected chi connectivity index (χ4v) is 4.35. The Bertz CT molecular complexity index is 635. The van der Waals surface area contributed by atoms with Gasteiger partial charge in [0.25, 0.3) is 5.91 Å². The van der Waals surface area contributed by atoms with Crippen LogP contribution in [0.15, 0.2) is 24.3 Å². The fourth-order valence-electron chi connectivity index (χ4n) is 2.41. The van der Waals surface area contributed by atoms with Gasteiger partial charge in [-0.25, -0.2) is 0 Å². The molecule has 0 unspecified atom stereocenters. The summed E-state index contributed by atoms with van der Waals surface area (Å²) in [7, 11) is 0. The van der Waals surface area contributed by atoms with Gasteiger partial charge >= 0.3 is 0 Å². The van der Waals surface area contributed by atoms with E-state index in [1.807, 2.05) is 36.0 Å². The largest absolute Gasteiger partial charge is 0.399 e. The SMILES string of the molecule is Nc1ccc2sc(C(=O)NCCN3CCSCC3)cc2c1. The lowest BCUT2D eigenvalue weighted by atomic mass is 10.2. The van der Waals surface area contributed by atoms with Crippen molar-refractivity contribution in [3.8, 4) is 0 Å². The first kappa shape index (κ1) is 14.7. The molecule has 6 heteroatoms. The number of nitrogen functional groups attached to an aromatic ring is 1. The van der Waals surface area contributed by atoms with Crippen molar-refractivity contribution >= 4 is 44.8 Å². The molecule has 2 aromatic rings. The van der Waals surface area contributed by atoms with E-state index in [2.05, 4.69) is 10.2 Å². The average molecular weight is 321 g/mol. The first-order valence-corrected chi connectivity index (χ1v) is 9.07. The third-order valence-electron chi connectivity index (χ3n) is 3.58. The summed E-state index contributed by atoms with van der Waals surface area (Å²) < 4.78 is 1.10. The number of thioether (sulfide) groups is 1. The summed E-state index contributed by atoms with van der Waals surface area (Å²) in [4.78, 5) is 15.3. The third-order valence-corrected chi connectivity index (χ3v) is 5.64. The predicted octanol–water partition coefficient (Wildman–Crippen LogP) is 2.26. The molecule has 0 aliphatic carbocycles. The van der Waals surface area contributed by atoms with E-state index in [9.17, 15) is 4.79 Å². The average Bonchev–Trinajstić information content (AvgIpc) is 2.91. The zero-order valence-electron chi connectivity index (χ0n) is 11.8. The van der Waals surface area contributed by atoms with E-state index in [1.54, 1.807) is 0 Å². The van der Waals surface area contributed by atoms with E-state index in [1.165, 1.54) is 22.8 Å². The second-order valence-electron chi connectivity index (χ2n) is 5.12. The first-order chi connectivity index (χ1) is 10.2. The number of fused-ring (bicyclic) bond motifs is 1. The van der Waals surface area contributed by atoms with Crippen LogP contribution in [0.2, 0.25) is 0 Å². The summed E-state index contributed by atoms with van der Waals surface area (Å²) in [6.07, 6.45) is 0. The van der Waals surface area contributed by atoms with Crippen LogP contribution in [0.5, 0.6) is 0 Å². The predicted molar refractivity (Wildman–Crippen MR) is 92.3 cm³/mol. The van der Waals surface area contributed by atoms with Crippen LogP contribution in [-0.2, 0) is 0 Å². The molecule has 1 aliphatic heterocycles. The topological polar surface area (TPSA) is 58.4 Å². The van der Waals surface area contributed by atoms with Gasteiger partial charge in [-0.05, 0) is 29.7 Å². The molecule has 2 heterocycles. The molecule has 1 amide bonds. The van der Waals surface area contributed by atoms with Gasteiger partial charge in [-0.2, -0.15) is 11.8 Å². The van der Waals surface area contributed by atoms with Crippen LogP contribution in [0.1, 0.15) is 9.67 Å². The third kappa shape index (κ3) is 3.70. The van der Waals surface area contributed by atoms with Crippen molar-refractivity contribution in [3.05, 3.63) is 29.1 Å². The molecule has 0 saturated carbocycles. The van der Waals surface area contributed by atoms with Crippen molar-refractivity contribution in [1.82, 2.24) is 10.2 Å². The highest BCUT2D eigenvalue weighted by atomic mass is 32.2. The highest BCUT2D eigenvalue weighted by Crippen LogP contribution is 2.27. The van der Waals surface area contributed by atoms with Gasteiger partial charge in [-0.15, -0.1) is 11.3 Å². The Morgan fingerprint density at radius 3 is 2.90 bits per heavy atom. The number of rotatable bonds is 4. The van der Waals surface area contributed by atoms with Gasteiger partial charge in [0, 0.05) is 48.1 Å². The first-order valence-electron chi connectivity index (χ1n) is 7.10. The van der Waals surface area contributed by atoms with Crippen molar-refractivity contribution in [2.75, 3.05) is 43.4 Å². The molecular formula is C15H19N3OS2. The summed E-state index contributed by atoms with van der Waals surface area (Å²) in [5.41, 5.74) is 6.50. The monoisotopic (exact) mass is 321 g/mol. The number of anilines is 1. The number of carbonyl (C=O) groups excluding carboxylic acids is 1. The lowest BCUT2D eigenvalue weighted by Crippen LogP contribution is -2.39. The highest BCUT2D eigenvalue weighted by Gasteiger charge is 2.12. The van der Waals surface area contributed by atoms with Crippen LogP contribution >= 0.6 is 23.1 Å². The molecule has 3 rings (SSSR count). The fraction of sp³-hybridized carbons (Fsp3) is 0.400. The molecule has 0 atom stereocenters. The second-order valence-corrected chi connectivity index (χ2v) is 7.43. The van der Waals surface area contributed by atoms with Gasteiger partial charge < -0.3 is 11.1 Å². The molecule has 21 heavy (non-hydrogen) atoms. The van der Waals surface area contributed by atoms with E-state index < -0.39 is 0 Å². The van der Waals surface area contributed by atoms with Gasteiger partial charge in [0.05, 0.1) is 4.88 Å². The maximum Gasteiger partial charge on any atom is 0.261 e. The maximum atomic E-state index is 12.2. The molecule has 1 saturated heterocycles. The van der Waals surface area contributed by atoms with E-state index in [0.29, 0.717) is 6.54 Å². The van der Waals surface area contributed by atoms with Crippen molar-refractivity contribution < 1.29 is 4.79 Å². The second kappa shape index (κ2) is 6.68. The number of amides is 1. The Hall–Kier alpha value is -1.24. The Morgan fingerprint density at radius 1 is 1.29 bits per heavy atom. The van der Waals surface area contributed by atoms with Gasteiger partial charge in [0.1, 0.15) is 0 Å². The number of hydrogen-bond acceptors (Lipinski definition) is 5. The summed E-state index contributed by atoms with van der Waals surface area (Å²) in [6, 6.07) is 7.67. The normalized spacial score (nSPS) is 16.2. The minimum absolute atomic E-state index is 0.0150. The smallest absolute Gasteiger partial charge is 0.261 e. The molecule has 0 bridgehead atoms. The molecule has 3 N–H and O–H groups in total. The molecule has 1 aliphatic rings. The lowest BCUT2D eigenvalue weighted by Gasteiger charge is -2.25. The standard InChI is InChI=1S/C15H19N3OS2/c16-12-1-2-13-11(9-12)10-14(21-13)15(19)17-3-4-18-5-7-20-8-6-18/h1-2,9-10H,3-8,16H2,(H,17,19). The van der Waals surface area contributed by atoms with Crippen LogP contribution < -0.4 is 11.1 Å². The number of nitrogens with one attached hydrogen (secondary N) is 1. The van der Waals surface area contributed by atoms with E-state index >= 15 is 0 Å². The van der Waals surface area contributed by atoms with Crippen molar-refractivity contribution in [2.24, 2.45) is 0 Å². The van der Waals surface area contributed by atoms with Crippen LogP contribution in [0.4, 0.5) is 5.69 Å². The molecule has 0 radical (unpaired) electrons. The maximum absolute atomic E-state index is 12.2. The minimum Gasteiger partial charge on any atom is -0.399 e. The zero-order chi connectivity index (χ0) is 14.7. The van der Waals surface area contributed by atoms with Crippen LogP contribution in [0.3, 0.4) is 0 Å². The van der Waals surface area contributed by atoms with E-state index in [-0.39, 0.29) is 5.91 Å². The summed E-state index contributed by atoms with van der Waals surface area (Å²) in [6.45, 7) is 3.90. The van der Waals surface area contributed by atoms with Crippen molar-refractivity contribution in [1.29, 1.82) is 0 Å². The highest BCUT2D eigenvalue weighted by molar-refractivity contribution is 7.99. The molecule has 112 valence electrons. The Balaban J connectivity index is 1.56. The molecule has 1 aromatic heterocycles. The molecule has 1 fully saturated rings. The number of nitrogens with two attached hydrogens (primary N) is 1. The van der Waals surface area contributed by atoms with Gasteiger partial charge in [0.2, 0.25) is 0 Å². The van der Waals surface area contributed by atoms with Crippen LogP contribution in [-0.4, -0.2) is 48.5 Å². The Kier molecular flexibility index (Phi) is 4.67. The van der Waals surface area contributed by atoms with Crippen LogP contribution in [0.25, 0.3) is 10.1 Å². The minimum atomic E-state index is 0.0150. The summed E-state index contributed by atoms with van der Waals surface area (Å²) in [5, 5.41) is 4.05. The van der Waals surface area contributed by atoms with E-state index in [0.717, 1.165) is 40.3 Å². The molecule has 1 aromatic carbocycles. The lowest BCUT2D eigenvalue weighted by molar-refractivity contribution is 0.0953. The number of carbonyl (C=O) groups is 1. The van der Waals surface area contributed by atoms with Crippen molar-refractivity contribution in [2.45, 2.75) is 0 Å². The molecular weight excluding hydrogens is 302 g/mol. The Labute approximate surface area is 132 Å². The van der Waals surface area contributed by atoms with Gasteiger partial charge in [-0.3, -0.25) is 9.69 Å².